The van der Waals surface area contributed by atoms with Crippen molar-refractivity contribution in [1.82, 2.24) is 0 Å². The number of hydrogen-bond acceptors (Lipinski definition) is 1. The summed E-state index contributed by atoms with van der Waals surface area (Å²) in [5.41, 5.74) is 12.9. The summed E-state index contributed by atoms with van der Waals surface area (Å²) >= 11 is 0. The Labute approximate surface area is 245 Å². The Kier molecular flexibility index (Phi) is 4.98. The van der Waals surface area contributed by atoms with Crippen LogP contribution >= 0.6 is 0 Å². The zero-order chi connectivity index (χ0) is 29.5. The number of furan rings is 1. The SMILES string of the molecule is Cc1ccc2c(oc3c(-c4cc5c6c(c4)C(C)(C)C(C)(C)C6(C)C(C)(C)C5(C)C)cccc32)c1-c1cccc[n+]1C. The molecule has 0 saturated carbocycles. The van der Waals surface area contributed by atoms with Crippen LogP contribution in [0.15, 0.2) is 71.3 Å². The number of pyridine rings is 1. The third kappa shape index (κ3) is 2.82. The Bertz CT molecular complexity index is 1880. The lowest BCUT2D eigenvalue weighted by Gasteiger charge is -2.56. The Morgan fingerprint density at radius 2 is 1.27 bits per heavy atom. The van der Waals surface area contributed by atoms with Gasteiger partial charge in [-0.3, -0.25) is 0 Å². The van der Waals surface area contributed by atoms with E-state index < -0.39 is 0 Å². The molecule has 7 rings (SSSR count). The quantitative estimate of drug-likeness (QED) is 0.203. The summed E-state index contributed by atoms with van der Waals surface area (Å²) in [6.45, 7) is 24.6. The Hall–Kier alpha value is -3.39. The highest BCUT2D eigenvalue weighted by Crippen LogP contribution is 2.76. The van der Waals surface area contributed by atoms with Gasteiger partial charge in [0.05, 0.1) is 5.56 Å². The summed E-state index contributed by atoms with van der Waals surface area (Å²) in [5.74, 6) is 0. The number of hydrogen-bond donors (Lipinski definition) is 0. The van der Waals surface area contributed by atoms with Crippen molar-refractivity contribution >= 4 is 21.9 Å². The van der Waals surface area contributed by atoms with E-state index in [1.807, 2.05) is 0 Å². The molecule has 3 aromatic carbocycles. The predicted molar refractivity (Wildman–Crippen MR) is 171 cm³/mol. The van der Waals surface area contributed by atoms with Gasteiger partial charge < -0.3 is 4.42 Å². The first kappa shape index (κ1) is 26.5. The van der Waals surface area contributed by atoms with Crippen LogP contribution < -0.4 is 4.57 Å². The molecule has 0 saturated heterocycles. The zero-order valence-corrected chi connectivity index (χ0v) is 26.7. The average Bonchev–Trinajstić information content (AvgIpc) is 3.39. The fourth-order valence-electron chi connectivity index (χ4n) is 8.94. The second-order valence-electron chi connectivity index (χ2n) is 15.2. The first-order chi connectivity index (χ1) is 19.1. The second-order valence-corrected chi connectivity index (χ2v) is 15.2. The van der Waals surface area contributed by atoms with Gasteiger partial charge in [0.15, 0.2) is 6.20 Å². The van der Waals surface area contributed by atoms with Crippen LogP contribution in [0.3, 0.4) is 0 Å². The van der Waals surface area contributed by atoms with Gasteiger partial charge >= 0.3 is 0 Å². The van der Waals surface area contributed by atoms with Gasteiger partial charge in [-0.15, -0.1) is 0 Å². The standard InChI is InChI=1S/C39H44NO/c1-23-18-19-27-26-16-14-15-25(33(26)41-34(27)31(23)30-17-12-13-20-40(30)11)24-21-28-32-29(22-24)36(4,5)38(8,9)39(32,10)37(6,7)35(28,2)3/h12-22H,1-11H3/q+1. The van der Waals surface area contributed by atoms with Crippen molar-refractivity contribution in [2.45, 2.75) is 85.5 Å². The fraction of sp³-hybridized carbons (Fsp3) is 0.410. The lowest BCUT2D eigenvalue weighted by Crippen LogP contribution is -2.54. The van der Waals surface area contributed by atoms with Crippen LogP contribution in [-0.2, 0) is 23.3 Å². The molecular weight excluding hydrogens is 498 g/mol. The molecule has 0 unspecified atom stereocenters. The predicted octanol–water partition coefficient (Wildman–Crippen LogP) is 9.95. The molecule has 2 aromatic heterocycles. The van der Waals surface area contributed by atoms with Gasteiger partial charge in [-0.05, 0) is 62.5 Å². The average molecular weight is 543 g/mol. The van der Waals surface area contributed by atoms with Crippen LogP contribution in [0.25, 0.3) is 44.3 Å². The van der Waals surface area contributed by atoms with Crippen molar-refractivity contribution in [1.29, 1.82) is 0 Å². The molecule has 2 nitrogen and oxygen atoms in total. The fourth-order valence-corrected chi connectivity index (χ4v) is 8.94. The molecule has 0 aliphatic heterocycles. The summed E-state index contributed by atoms with van der Waals surface area (Å²) in [6, 6.07) is 22.5. The topological polar surface area (TPSA) is 17.0 Å². The van der Waals surface area contributed by atoms with Gasteiger partial charge in [0.25, 0.3) is 0 Å². The number of aromatic nitrogens is 1. The zero-order valence-electron chi connectivity index (χ0n) is 26.7. The molecule has 0 amide bonds. The Morgan fingerprint density at radius 3 is 1.88 bits per heavy atom. The lowest BCUT2D eigenvalue weighted by molar-refractivity contribution is -0.660. The molecule has 0 fully saturated rings. The van der Waals surface area contributed by atoms with Crippen molar-refractivity contribution in [3.05, 3.63) is 89.1 Å². The summed E-state index contributed by atoms with van der Waals surface area (Å²) in [6.07, 6.45) is 2.11. The number of fused-ring (bicyclic) bond motifs is 3. The van der Waals surface area contributed by atoms with E-state index in [4.69, 9.17) is 4.42 Å². The van der Waals surface area contributed by atoms with Crippen molar-refractivity contribution in [3.8, 4) is 22.4 Å². The van der Waals surface area contributed by atoms with E-state index in [-0.39, 0.29) is 27.1 Å². The highest BCUT2D eigenvalue weighted by molar-refractivity contribution is 6.13. The summed E-state index contributed by atoms with van der Waals surface area (Å²) < 4.78 is 9.14. The Balaban J connectivity index is 1.56. The molecule has 5 aromatic rings. The van der Waals surface area contributed by atoms with Crippen molar-refractivity contribution in [2.75, 3.05) is 0 Å². The third-order valence-electron chi connectivity index (χ3n) is 13.1. The first-order valence-corrected chi connectivity index (χ1v) is 15.2. The van der Waals surface area contributed by atoms with Crippen molar-refractivity contribution in [2.24, 2.45) is 17.9 Å². The van der Waals surface area contributed by atoms with Gasteiger partial charge in [-0.25, -0.2) is 4.57 Å². The van der Waals surface area contributed by atoms with Gasteiger partial charge in [0.2, 0.25) is 5.69 Å². The maximum Gasteiger partial charge on any atom is 0.216 e. The number of nitrogens with zero attached hydrogens (tertiary/aromatic N) is 1. The van der Waals surface area contributed by atoms with E-state index in [1.165, 1.54) is 44.2 Å². The van der Waals surface area contributed by atoms with Gasteiger partial charge in [-0.1, -0.05) is 105 Å². The van der Waals surface area contributed by atoms with E-state index >= 15 is 0 Å². The van der Waals surface area contributed by atoms with Gasteiger partial charge in [-0.2, -0.15) is 0 Å². The van der Waals surface area contributed by atoms with E-state index in [9.17, 15) is 0 Å². The monoisotopic (exact) mass is 542 g/mol. The molecule has 210 valence electrons. The molecule has 0 N–H and O–H groups in total. The van der Waals surface area contributed by atoms with Crippen molar-refractivity contribution < 1.29 is 8.98 Å². The molecule has 2 heteroatoms. The smallest absolute Gasteiger partial charge is 0.216 e. The maximum absolute atomic E-state index is 6.96. The normalized spacial score (nSPS) is 20.6. The minimum absolute atomic E-state index is 0.0315. The molecule has 0 spiro atoms. The molecule has 2 aliphatic carbocycles. The minimum Gasteiger partial charge on any atom is -0.454 e. The van der Waals surface area contributed by atoms with Crippen molar-refractivity contribution in [3.63, 3.8) is 0 Å². The summed E-state index contributed by atoms with van der Waals surface area (Å²) in [7, 11) is 2.11. The highest BCUT2D eigenvalue weighted by atomic mass is 16.3. The van der Waals surface area contributed by atoms with E-state index in [0.717, 1.165) is 16.9 Å². The number of rotatable bonds is 2. The largest absolute Gasteiger partial charge is 0.454 e. The summed E-state index contributed by atoms with van der Waals surface area (Å²) in [4.78, 5) is 0. The van der Waals surface area contributed by atoms with Gasteiger partial charge in [0.1, 0.15) is 18.2 Å². The van der Waals surface area contributed by atoms with E-state index in [0.29, 0.717) is 0 Å². The van der Waals surface area contributed by atoms with Crippen LogP contribution in [0.1, 0.15) is 84.6 Å². The van der Waals surface area contributed by atoms with Crippen LogP contribution in [0.4, 0.5) is 0 Å². The highest BCUT2D eigenvalue weighted by Gasteiger charge is 2.72. The molecule has 0 radical (unpaired) electrons. The van der Waals surface area contributed by atoms with E-state index in [1.54, 1.807) is 5.56 Å². The molecule has 2 aliphatic rings. The minimum atomic E-state index is 0.0315. The molecule has 0 atom stereocenters. The summed E-state index contributed by atoms with van der Waals surface area (Å²) in [5, 5.41) is 2.35. The third-order valence-corrected chi connectivity index (χ3v) is 13.1. The van der Waals surface area contributed by atoms with E-state index in [2.05, 4.69) is 148 Å². The molecule has 0 bridgehead atoms. The Morgan fingerprint density at radius 1 is 0.659 bits per heavy atom. The lowest BCUT2D eigenvalue weighted by atomic mass is 9.47. The van der Waals surface area contributed by atoms with Crippen LogP contribution in [-0.4, -0.2) is 0 Å². The van der Waals surface area contributed by atoms with Crippen LogP contribution in [0.2, 0.25) is 0 Å². The second kappa shape index (κ2) is 7.71. The molecule has 2 heterocycles. The van der Waals surface area contributed by atoms with Crippen LogP contribution in [0.5, 0.6) is 0 Å². The maximum atomic E-state index is 6.96. The molecule has 41 heavy (non-hydrogen) atoms. The van der Waals surface area contributed by atoms with Gasteiger partial charge in [0, 0.05) is 33.9 Å². The first-order valence-electron chi connectivity index (χ1n) is 15.2. The number of para-hydroxylation sites is 1. The molecular formula is C39H44NO+. The number of aryl methyl sites for hydroxylation is 2. The van der Waals surface area contributed by atoms with Crippen LogP contribution in [0, 0.1) is 17.8 Å². The number of benzene rings is 3.